The van der Waals surface area contributed by atoms with E-state index in [9.17, 15) is 10.1 Å². The maximum Gasteiger partial charge on any atom is 0.312 e. The zero-order valence-corrected chi connectivity index (χ0v) is 12.0. The minimum atomic E-state index is -0.490. The molecule has 8 heteroatoms. The first-order valence-electron chi connectivity index (χ1n) is 5.56. The molecule has 0 aliphatic heterocycles. The van der Waals surface area contributed by atoms with Gasteiger partial charge in [-0.2, -0.15) is 0 Å². The quantitative estimate of drug-likeness (QED) is 0.504. The molecule has 0 saturated heterocycles. The Bertz CT molecular complexity index is 663. The molecule has 0 saturated carbocycles. The smallest absolute Gasteiger partial charge is 0.312 e. The number of rotatable bonds is 4. The van der Waals surface area contributed by atoms with Crippen molar-refractivity contribution in [1.29, 1.82) is 0 Å². The number of nitrogen functional groups attached to an aromatic ring is 1. The fourth-order valence-electron chi connectivity index (χ4n) is 1.65. The summed E-state index contributed by atoms with van der Waals surface area (Å²) in [5, 5.41) is 11.1. The second-order valence-electron chi connectivity index (χ2n) is 3.95. The van der Waals surface area contributed by atoms with Crippen LogP contribution in [0, 0.1) is 17.0 Å². The molecule has 1 heterocycles. The number of nitro groups is 1. The molecule has 0 aliphatic rings. The molecule has 0 atom stereocenters. The van der Waals surface area contributed by atoms with Gasteiger partial charge in [0, 0.05) is 22.8 Å². The van der Waals surface area contributed by atoms with Gasteiger partial charge in [0.05, 0.1) is 4.92 Å². The summed E-state index contributed by atoms with van der Waals surface area (Å²) in [4.78, 5) is 14.5. The molecule has 104 valence electrons. The van der Waals surface area contributed by atoms with Gasteiger partial charge in [0.1, 0.15) is 11.6 Å². The van der Waals surface area contributed by atoms with Crippen LogP contribution in [0.1, 0.15) is 5.56 Å². The Labute approximate surface area is 123 Å². The Hall–Kier alpha value is -2.19. The van der Waals surface area contributed by atoms with Gasteiger partial charge in [0.2, 0.25) is 5.75 Å². The maximum absolute atomic E-state index is 11.1. The van der Waals surface area contributed by atoms with Gasteiger partial charge in [0.15, 0.2) is 0 Å². The third kappa shape index (κ3) is 3.03. The second-order valence-corrected chi connectivity index (χ2v) is 4.87. The monoisotopic (exact) mass is 338 g/mol. The summed E-state index contributed by atoms with van der Waals surface area (Å²) in [6.07, 6.45) is 1.49. The highest BCUT2D eigenvalue weighted by Crippen LogP contribution is 2.37. The first-order valence-corrected chi connectivity index (χ1v) is 6.35. The number of nitrogens with zero attached hydrogens (tertiary/aromatic N) is 2. The van der Waals surface area contributed by atoms with Crippen molar-refractivity contribution in [3.05, 3.63) is 50.6 Å². The van der Waals surface area contributed by atoms with E-state index >= 15 is 0 Å². The Morgan fingerprint density at radius 1 is 1.45 bits per heavy atom. The summed E-state index contributed by atoms with van der Waals surface area (Å²) in [5.74, 6) is 6.25. The molecule has 0 amide bonds. The molecular formula is C12H11BrN4O3. The van der Waals surface area contributed by atoms with Gasteiger partial charge in [0.25, 0.3) is 0 Å². The van der Waals surface area contributed by atoms with Crippen LogP contribution in [0.25, 0.3) is 0 Å². The van der Waals surface area contributed by atoms with Crippen LogP contribution < -0.4 is 16.0 Å². The van der Waals surface area contributed by atoms with Crippen molar-refractivity contribution in [3.8, 4) is 11.5 Å². The number of nitrogens with one attached hydrogen (secondary N) is 1. The summed E-state index contributed by atoms with van der Waals surface area (Å²) < 4.78 is 6.22. The average molecular weight is 339 g/mol. The van der Waals surface area contributed by atoms with E-state index in [1.807, 2.05) is 0 Å². The van der Waals surface area contributed by atoms with Gasteiger partial charge in [-0.05, 0) is 24.6 Å². The number of pyridine rings is 1. The van der Waals surface area contributed by atoms with Crippen LogP contribution >= 0.6 is 15.9 Å². The number of ether oxygens (including phenoxy) is 1. The van der Waals surface area contributed by atoms with Crippen LogP contribution in [0.15, 0.2) is 34.9 Å². The van der Waals surface area contributed by atoms with Gasteiger partial charge >= 0.3 is 5.69 Å². The number of aromatic nitrogens is 1. The van der Waals surface area contributed by atoms with E-state index in [1.165, 1.54) is 12.3 Å². The molecule has 2 rings (SSSR count). The van der Waals surface area contributed by atoms with Crippen LogP contribution in [0.2, 0.25) is 0 Å². The lowest BCUT2D eigenvalue weighted by Gasteiger charge is -2.10. The highest BCUT2D eigenvalue weighted by atomic mass is 79.9. The molecule has 0 spiro atoms. The number of nitrogens with two attached hydrogens (primary N) is 1. The standard InChI is InChI=1S/C12H11BrN4O3/c1-7-4-8(13)5-10(17(18)19)12(7)20-9-2-3-15-11(6-9)16-14/h2-6H,14H2,1H3,(H,15,16). The van der Waals surface area contributed by atoms with E-state index in [0.717, 1.165) is 0 Å². The number of halogens is 1. The highest BCUT2D eigenvalue weighted by molar-refractivity contribution is 9.10. The third-order valence-electron chi connectivity index (χ3n) is 2.52. The van der Waals surface area contributed by atoms with E-state index < -0.39 is 4.92 Å². The normalized spacial score (nSPS) is 10.2. The van der Waals surface area contributed by atoms with Crippen molar-refractivity contribution in [2.45, 2.75) is 6.92 Å². The van der Waals surface area contributed by atoms with Crippen LogP contribution in [-0.4, -0.2) is 9.91 Å². The fraction of sp³-hybridized carbons (Fsp3) is 0.0833. The zero-order valence-electron chi connectivity index (χ0n) is 10.5. The van der Waals surface area contributed by atoms with Crippen molar-refractivity contribution < 1.29 is 9.66 Å². The summed E-state index contributed by atoms with van der Waals surface area (Å²) in [5.41, 5.74) is 2.91. The van der Waals surface area contributed by atoms with Crippen molar-refractivity contribution in [1.82, 2.24) is 4.98 Å². The minimum Gasteiger partial charge on any atom is -0.450 e. The van der Waals surface area contributed by atoms with Crippen molar-refractivity contribution in [2.24, 2.45) is 5.84 Å². The van der Waals surface area contributed by atoms with Crippen molar-refractivity contribution >= 4 is 27.4 Å². The first-order chi connectivity index (χ1) is 9.51. The van der Waals surface area contributed by atoms with Crippen LogP contribution in [0.4, 0.5) is 11.5 Å². The number of hydrogen-bond acceptors (Lipinski definition) is 6. The lowest BCUT2D eigenvalue weighted by molar-refractivity contribution is -0.385. The number of benzene rings is 1. The largest absolute Gasteiger partial charge is 0.450 e. The topological polar surface area (TPSA) is 103 Å². The molecule has 0 radical (unpaired) electrons. The predicted octanol–water partition coefficient (Wildman–Crippen LogP) is 3.14. The number of aryl methyl sites for hydroxylation is 1. The molecule has 3 N–H and O–H groups in total. The van der Waals surface area contributed by atoms with Gasteiger partial charge in [-0.1, -0.05) is 15.9 Å². The third-order valence-corrected chi connectivity index (χ3v) is 2.97. The molecule has 7 nitrogen and oxygen atoms in total. The van der Waals surface area contributed by atoms with E-state index in [1.54, 1.807) is 25.1 Å². The average Bonchev–Trinajstić information content (AvgIpc) is 2.41. The molecule has 0 fully saturated rings. The first kappa shape index (κ1) is 14.2. The summed E-state index contributed by atoms with van der Waals surface area (Å²) in [6.45, 7) is 1.73. The lowest BCUT2D eigenvalue weighted by atomic mass is 10.2. The van der Waals surface area contributed by atoms with E-state index in [0.29, 0.717) is 21.6 Å². The molecular weight excluding hydrogens is 328 g/mol. The van der Waals surface area contributed by atoms with Gasteiger partial charge in [-0.25, -0.2) is 10.8 Å². The van der Waals surface area contributed by atoms with Crippen molar-refractivity contribution in [2.75, 3.05) is 5.43 Å². The maximum atomic E-state index is 11.1. The fourth-order valence-corrected chi connectivity index (χ4v) is 2.21. The van der Waals surface area contributed by atoms with Crippen molar-refractivity contribution in [3.63, 3.8) is 0 Å². The SMILES string of the molecule is Cc1cc(Br)cc([N+](=O)[O-])c1Oc1ccnc(NN)c1. The predicted molar refractivity (Wildman–Crippen MR) is 77.7 cm³/mol. The molecule has 20 heavy (non-hydrogen) atoms. The van der Waals surface area contributed by atoms with Crippen LogP contribution in [0.5, 0.6) is 11.5 Å². The summed E-state index contributed by atoms with van der Waals surface area (Å²) >= 11 is 3.23. The molecule has 0 unspecified atom stereocenters. The molecule has 0 aliphatic carbocycles. The number of hydrogen-bond donors (Lipinski definition) is 2. The van der Waals surface area contributed by atoms with Gasteiger partial charge in [-0.15, -0.1) is 0 Å². The Morgan fingerprint density at radius 2 is 2.20 bits per heavy atom. The zero-order chi connectivity index (χ0) is 14.7. The number of nitro benzene ring substituents is 1. The summed E-state index contributed by atoms with van der Waals surface area (Å²) in [6, 6.07) is 6.27. The Balaban J connectivity index is 2.44. The summed E-state index contributed by atoms with van der Waals surface area (Å²) in [7, 11) is 0. The molecule has 1 aromatic carbocycles. The highest BCUT2D eigenvalue weighted by Gasteiger charge is 2.19. The lowest BCUT2D eigenvalue weighted by Crippen LogP contribution is -2.08. The second kappa shape index (κ2) is 5.85. The van der Waals surface area contributed by atoms with Gasteiger partial charge in [-0.3, -0.25) is 10.1 Å². The van der Waals surface area contributed by atoms with E-state index in [-0.39, 0.29) is 11.4 Å². The Kier molecular flexibility index (Phi) is 4.16. The minimum absolute atomic E-state index is 0.115. The van der Waals surface area contributed by atoms with E-state index in [2.05, 4.69) is 26.3 Å². The molecule has 1 aromatic heterocycles. The van der Waals surface area contributed by atoms with E-state index in [4.69, 9.17) is 10.6 Å². The molecule has 0 bridgehead atoms. The number of anilines is 1. The van der Waals surface area contributed by atoms with Gasteiger partial charge < -0.3 is 10.2 Å². The number of hydrazine groups is 1. The molecule has 2 aromatic rings. The van der Waals surface area contributed by atoms with Crippen LogP contribution in [0.3, 0.4) is 0 Å². The Morgan fingerprint density at radius 3 is 2.85 bits per heavy atom. The van der Waals surface area contributed by atoms with Crippen LogP contribution in [-0.2, 0) is 0 Å².